The molecule has 0 saturated carbocycles. The Labute approximate surface area is 152 Å². The van der Waals surface area contributed by atoms with E-state index in [4.69, 9.17) is 4.52 Å². The Balaban J connectivity index is 1.56. The number of anilines is 1. The highest BCUT2D eigenvalue weighted by molar-refractivity contribution is 5.96. The van der Waals surface area contributed by atoms with Crippen molar-refractivity contribution >= 4 is 11.6 Å². The Hall–Kier alpha value is -2.95. The van der Waals surface area contributed by atoms with E-state index in [9.17, 15) is 4.79 Å². The number of hydrogen-bond donors (Lipinski definition) is 0. The van der Waals surface area contributed by atoms with Crippen LogP contribution in [0.1, 0.15) is 34.9 Å². The van der Waals surface area contributed by atoms with E-state index in [0.29, 0.717) is 24.7 Å². The standard InChI is InChI=1S/C21H21N3O2/c1-13-5-4-6-16(9-13)20-22-21(26-23-20)17-11-19(25)24(12-17)18-8-7-14(2)15(3)10-18/h4-10,17H,11-12H2,1-3H3/t17-/m0/s1. The van der Waals surface area contributed by atoms with Crippen LogP contribution in [0.15, 0.2) is 47.0 Å². The molecule has 5 heteroatoms. The normalized spacial score (nSPS) is 17.1. The topological polar surface area (TPSA) is 59.2 Å². The summed E-state index contributed by atoms with van der Waals surface area (Å²) in [6.07, 6.45) is 0.391. The quantitative estimate of drug-likeness (QED) is 0.713. The van der Waals surface area contributed by atoms with Crippen LogP contribution in [0.2, 0.25) is 0 Å². The van der Waals surface area contributed by atoms with Crippen LogP contribution in [-0.4, -0.2) is 22.6 Å². The van der Waals surface area contributed by atoms with Gasteiger partial charge in [0.1, 0.15) is 0 Å². The third kappa shape index (κ3) is 3.01. The molecule has 0 spiro atoms. The Kier molecular flexibility index (Phi) is 4.07. The largest absolute Gasteiger partial charge is 0.339 e. The molecule has 1 amide bonds. The molecule has 1 fully saturated rings. The van der Waals surface area contributed by atoms with E-state index in [2.05, 4.69) is 30.1 Å². The summed E-state index contributed by atoms with van der Waals surface area (Å²) in [5, 5.41) is 4.10. The molecular formula is C21H21N3O2. The third-order valence-corrected chi connectivity index (χ3v) is 4.99. The van der Waals surface area contributed by atoms with Crippen LogP contribution in [0.25, 0.3) is 11.4 Å². The number of carbonyl (C=O) groups excluding carboxylic acids is 1. The van der Waals surface area contributed by atoms with E-state index >= 15 is 0 Å². The van der Waals surface area contributed by atoms with E-state index < -0.39 is 0 Å². The molecule has 0 bridgehead atoms. The van der Waals surface area contributed by atoms with Gasteiger partial charge in [-0.2, -0.15) is 4.98 Å². The van der Waals surface area contributed by atoms with Crippen molar-refractivity contribution in [3.05, 3.63) is 65.0 Å². The molecule has 26 heavy (non-hydrogen) atoms. The van der Waals surface area contributed by atoms with E-state index in [1.807, 2.05) is 48.2 Å². The van der Waals surface area contributed by atoms with Gasteiger partial charge < -0.3 is 9.42 Å². The zero-order valence-corrected chi connectivity index (χ0v) is 15.2. The summed E-state index contributed by atoms with van der Waals surface area (Å²) in [6.45, 7) is 6.72. The van der Waals surface area contributed by atoms with Crippen LogP contribution in [0.5, 0.6) is 0 Å². The first-order chi connectivity index (χ1) is 12.5. The minimum absolute atomic E-state index is 0.0739. The van der Waals surface area contributed by atoms with Crippen LogP contribution < -0.4 is 4.90 Å². The number of hydrogen-bond acceptors (Lipinski definition) is 4. The van der Waals surface area contributed by atoms with Crippen molar-refractivity contribution in [2.45, 2.75) is 33.1 Å². The predicted octanol–water partition coefficient (Wildman–Crippen LogP) is 4.18. The Morgan fingerprint density at radius 1 is 1.08 bits per heavy atom. The number of amides is 1. The van der Waals surface area contributed by atoms with Gasteiger partial charge in [-0.3, -0.25) is 4.79 Å². The Morgan fingerprint density at radius 2 is 1.92 bits per heavy atom. The van der Waals surface area contributed by atoms with Gasteiger partial charge in [0, 0.05) is 24.2 Å². The van der Waals surface area contributed by atoms with Crippen molar-refractivity contribution in [2.75, 3.05) is 11.4 Å². The molecule has 3 aromatic rings. The number of nitrogens with zero attached hydrogens (tertiary/aromatic N) is 3. The van der Waals surface area contributed by atoms with Gasteiger partial charge in [-0.05, 0) is 50.1 Å². The minimum atomic E-state index is -0.0739. The lowest BCUT2D eigenvalue weighted by Crippen LogP contribution is -2.24. The highest BCUT2D eigenvalue weighted by atomic mass is 16.5. The van der Waals surface area contributed by atoms with Crippen LogP contribution in [-0.2, 0) is 4.79 Å². The summed E-state index contributed by atoms with van der Waals surface area (Å²) in [5.74, 6) is 1.12. The smallest absolute Gasteiger partial charge is 0.232 e. The van der Waals surface area contributed by atoms with Gasteiger partial charge in [-0.25, -0.2) is 0 Å². The van der Waals surface area contributed by atoms with Crippen molar-refractivity contribution in [1.29, 1.82) is 0 Å². The molecule has 2 aromatic carbocycles. The third-order valence-electron chi connectivity index (χ3n) is 4.99. The van der Waals surface area contributed by atoms with Gasteiger partial charge in [-0.15, -0.1) is 0 Å². The fourth-order valence-corrected chi connectivity index (χ4v) is 3.32. The number of benzene rings is 2. The summed E-state index contributed by atoms with van der Waals surface area (Å²) < 4.78 is 5.48. The maximum absolute atomic E-state index is 12.5. The fraction of sp³-hybridized carbons (Fsp3) is 0.286. The molecule has 0 radical (unpaired) electrons. The summed E-state index contributed by atoms with van der Waals surface area (Å²) in [7, 11) is 0. The van der Waals surface area contributed by atoms with Gasteiger partial charge in [-0.1, -0.05) is 35.0 Å². The number of rotatable bonds is 3. The van der Waals surface area contributed by atoms with Gasteiger partial charge in [0.05, 0.1) is 5.92 Å². The van der Waals surface area contributed by atoms with Crippen molar-refractivity contribution in [3.8, 4) is 11.4 Å². The molecule has 0 aliphatic carbocycles. The monoisotopic (exact) mass is 347 g/mol. The van der Waals surface area contributed by atoms with Crippen molar-refractivity contribution in [3.63, 3.8) is 0 Å². The van der Waals surface area contributed by atoms with E-state index in [1.165, 1.54) is 11.1 Å². The van der Waals surface area contributed by atoms with Crippen LogP contribution in [0.3, 0.4) is 0 Å². The molecule has 0 N–H and O–H groups in total. The molecule has 1 aliphatic heterocycles. The van der Waals surface area contributed by atoms with Crippen LogP contribution >= 0.6 is 0 Å². The molecule has 2 heterocycles. The molecular weight excluding hydrogens is 326 g/mol. The van der Waals surface area contributed by atoms with Crippen LogP contribution in [0.4, 0.5) is 5.69 Å². The van der Waals surface area contributed by atoms with Crippen molar-refractivity contribution in [1.82, 2.24) is 10.1 Å². The van der Waals surface area contributed by atoms with E-state index in [0.717, 1.165) is 16.8 Å². The maximum Gasteiger partial charge on any atom is 0.232 e. The maximum atomic E-state index is 12.5. The number of aryl methyl sites for hydroxylation is 3. The first-order valence-corrected chi connectivity index (χ1v) is 8.79. The molecule has 4 rings (SSSR count). The molecule has 1 atom stereocenters. The highest BCUT2D eigenvalue weighted by Crippen LogP contribution is 2.32. The van der Waals surface area contributed by atoms with E-state index in [-0.39, 0.29) is 11.8 Å². The number of carbonyl (C=O) groups is 1. The second kappa shape index (κ2) is 6.41. The Morgan fingerprint density at radius 3 is 2.69 bits per heavy atom. The van der Waals surface area contributed by atoms with Crippen LogP contribution in [0, 0.1) is 20.8 Å². The van der Waals surface area contributed by atoms with Gasteiger partial charge in [0.2, 0.25) is 17.6 Å². The second-order valence-electron chi connectivity index (χ2n) is 7.00. The minimum Gasteiger partial charge on any atom is -0.339 e. The molecule has 1 aliphatic rings. The van der Waals surface area contributed by atoms with Gasteiger partial charge in [0.15, 0.2) is 0 Å². The van der Waals surface area contributed by atoms with Gasteiger partial charge in [0.25, 0.3) is 0 Å². The van der Waals surface area contributed by atoms with E-state index in [1.54, 1.807) is 0 Å². The molecule has 132 valence electrons. The van der Waals surface area contributed by atoms with Crippen molar-refractivity contribution in [2.24, 2.45) is 0 Å². The average Bonchev–Trinajstić information content (AvgIpc) is 3.24. The van der Waals surface area contributed by atoms with Crippen molar-refractivity contribution < 1.29 is 9.32 Å². The zero-order chi connectivity index (χ0) is 18.3. The molecule has 1 saturated heterocycles. The first kappa shape index (κ1) is 16.5. The summed E-state index contributed by atoms with van der Waals surface area (Å²) in [4.78, 5) is 18.9. The summed E-state index contributed by atoms with van der Waals surface area (Å²) in [6, 6.07) is 14.1. The molecule has 0 unspecified atom stereocenters. The zero-order valence-electron chi connectivity index (χ0n) is 15.2. The molecule has 1 aromatic heterocycles. The SMILES string of the molecule is Cc1cccc(-c2noc([C@H]3CC(=O)N(c4ccc(C)c(C)c4)C3)n2)c1. The number of aromatic nitrogens is 2. The average molecular weight is 347 g/mol. The fourth-order valence-electron chi connectivity index (χ4n) is 3.32. The van der Waals surface area contributed by atoms with Gasteiger partial charge >= 0.3 is 0 Å². The second-order valence-corrected chi connectivity index (χ2v) is 7.00. The Bertz CT molecular complexity index is 977. The summed E-state index contributed by atoms with van der Waals surface area (Å²) in [5.41, 5.74) is 5.40. The molecule has 5 nitrogen and oxygen atoms in total. The predicted molar refractivity (Wildman–Crippen MR) is 100 cm³/mol. The lowest BCUT2D eigenvalue weighted by Gasteiger charge is -2.17. The summed E-state index contributed by atoms with van der Waals surface area (Å²) >= 11 is 0. The first-order valence-electron chi connectivity index (χ1n) is 8.79. The lowest BCUT2D eigenvalue weighted by molar-refractivity contribution is -0.117. The highest BCUT2D eigenvalue weighted by Gasteiger charge is 2.35. The lowest BCUT2D eigenvalue weighted by atomic mass is 10.1.